The fourth-order valence-corrected chi connectivity index (χ4v) is 2.41. The monoisotopic (exact) mass is 280 g/mol. The van der Waals surface area contributed by atoms with Gasteiger partial charge in [-0.3, -0.25) is 0 Å². The van der Waals surface area contributed by atoms with E-state index in [0.29, 0.717) is 10.8 Å². The first-order valence-corrected chi connectivity index (χ1v) is 6.35. The lowest BCUT2D eigenvalue weighted by Crippen LogP contribution is -1.98. The number of aromatic hydroxyl groups is 2. The number of carbonyl (C=O) groups is 1. The number of carboxylic acids is 1. The second-order valence-corrected chi connectivity index (χ2v) is 4.75. The molecule has 3 N–H and O–H groups in total. The first kappa shape index (κ1) is 13.0. The van der Waals surface area contributed by atoms with E-state index in [-0.39, 0.29) is 17.1 Å². The highest BCUT2D eigenvalue weighted by Crippen LogP contribution is 2.31. The van der Waals surface area contributed by atoms with Crippen molar-refractivity contribution in [3.05, 3.63) is 60.2 Å². The van der Waals surface area contributed by atoms with Crippen molar-refractivity contribution in [1.82, 2.24) is 0 Å². The van der Waals surface area contributed by atoms with Crippen LogP contribution < -0.4 is 0 Å². The van der Waals surface area contributed by atoms with Gasteiger partial charge in [0.15, 0.2) is 0 Å². The van der Waals surface area contributed by atoms with Crippen molar-refractivity contribution < 1.29 is 20.1 Å². The number of phenols is 2. The van der Waals surface area contributed by atoms with Crippen LogP contribution in [-0.4, -0.2) is 21.3 Å². The van der Waals surface area contributed by atoms with Gasteiger partial charge in [0.25, 0.3) is 0 Å². The van der Waals surface area contributed by atoms with Gasteiger partial charge in [0.2, 0.25) is 0 Å². The fraction of sp³-hybridized carbons (Fsp3) is 0. The summed E-state index contributed by atoms with van der Waals surface area (Å²) < 4.78 is 0. The maximum atomic E-state index is 11.2. The Balaban J connectivity index is 2.22. The van der Waals surface area contributed by atoms with Crippen LogP contribution in [0.2, 0.25) is 0 Å². The molecule has 3 aromatic rings. The summed E-state index contributed by atoms with van der Waals surface area (Å²) in [5.74, 6) is -1.24. The summed E-state index contributed by atoms with van der Waals surface area (Å²) in [5, 5.41) is 29.6. The Labute approximate surface area is 120 Å². The molecule has 0 saturated carbocycles. The van der Waals surface area contributed by atoms with Crippen molar-refractivity contribution in [1.29, 1.82) is 0 Å². The van der Waals surface area contributed by atoms with Gasteiger partial charge < -0.3 is 15.3 Å². The van der Waals surface area contributed by atoms with Crippen molar-refractivity contribution in [2.24, 2.45) is 0 Å². The molecule has 0 bridgehead atoms. The summed E-state index contributed by atoms with van der Waals surface area (Å²) >= 11 is 0. The largest absolute Gasteiger partial charge is 0.508 e. The van der Waals surface area contributed by atoms with Crippen LogP contribution in [-0.2, 0) is 0 Å². The lowest BCUT2D eigenvalue weighted by molar-refractivity contribution is 0.0696. The molecule has 0 heterocycles. The third-order valence-electron chi connectivity index (χ3n) is 3.39. The normalized spacial score (nSPS) is 10.7. The minimum absolute atomic E-state index is 0.102. The van der Waals surface area contributed by atoms with Crippen LogP contribution in [0.4, 0.5) is 0 Å². The number of fused-ring (bicyclic) bond motifs is 1. The highest BCUT2D eigenvalue weighted by molar-refractivity contribution is 6.07. The lowest BCUT2D eigenvalue weighted by atomic mass is 9.98. The number of rotatable bonds is 2. The van der Waals surface area contributed by atoms with Crippen molar-refractivity contribution in [3.63, 3.8) is 0 Å². The van der Waals surface area contributed by atoms with Gasteiger partial charge in [0.1, 0.15) is 17.1 Å². The van der Waals surface area contributed by atoms with Gasteiger partial charge in [0, 0.05) is 0 Å². The van der Waals surface area contributed by atoms with Gasteiger partial charge in [-0.1, -0.05) is 30.3 Å². The van der Waals surface area contributed by atoms with Crippen molar-refractivity contribution >= 4 is 16.7 Å². The van der Waals surface area contributed by atoms with Gasteiger partial charge in [-0.05, 0) is 46.2 Å². The fourth-order valence-electron chi connectivity index (χ4n) is 2.41. The van der Waals surface area contributed by atoms with E-state index in [1.165, 1.54) is 6.07 Å². The van der Waals surface area contributed by atoms with Crippen LogP contribution in [0, 0.1) is 0 Å². The van der Waals surface area contributed by atoms with E-state index in [1.807, 2.05) is 12.1 Å². The van der Waals surface area contributed by atoms with Crippen LogP contribution in [0.25, 0.3) is 21.9 Å². The van der Waals surface area contributed by atoms with E-state index in [1.54, 1.807) is 36.4 Å². The summed E-state index contributed by atoms with van der Waals surface area (Å²) in [4.78, 5) is 11.2. The van der Waals surface area contributed by atoms with E-state index >= 15 is 0 Å². The summed E-state index contributed by atoms with van der Waals surface area (Å²) in [6.45, 7) is 0. The highest BCUT2D eigenvalue weighted by atomic mass is 16.4. The molecule has 4 heteroatoms. The SMILES string of the molecule is O=C(O)c1c(O)ccc2cc(-c3cccc(O)c3)ccc12. The minimum atomic E-state index is -1.16. The molecule has 4 nitrogen and oxygen atoms in total. The molecule has 0 aromatic heterocycles. The van der Waals surface area contributed by atoms with Crippen LogP contribution in [0.3, 0.4) is 0 Å². The molecule has 0 spiro atoms. The van der Waals surface area contributed by atoms with E-state index < -0.39 is 5.97 Å². The quantitative estimate of drug-likeness (QED) is 0.670. The predicted octanol–water partition coefficient (Wildman–Crippen LogP) is 3.62. The molecule has 0 aliphatic heterocycles. The van der Waals surface area contributed by atoms with E-state index in [0.717, 1.165) is 11.1 Å². The van der Waals surface area contributed by atoms with Crippen molar-refractivity contribution in [3.8, 4) is 22.6 Å². The van der Waals surface area contributed by atoms with Crippen LogP contribution in [0.5, 0.6) is 11.5 Å². The summed E-state index contributed by atoms with van der Waals surface area (Å²) in [5.41, 5.74) is 1.59. The number of carboxylic acid groups (broad SMARTS) is 1. The molecule has 0 fully saturated rings. The van der Waals surface area contributed by atoms with Crippen LogP contribution >= 0.6 is 0 Å². The molecule has 21 heavy (non-hydrogen) atoms. The Morgan fingerprint density at radius 2 is 1.62 bits per heavy atom. The Hall–Kier alpha value is -3.01. The van der Waals surface area contributed by atoms with Gasteiger partial charge in [-0.25, -0.2) is 4.79 Å². The maximum absolute atomic E-state index is 11.2. The summed E-state index contributed by atoms with van der Waals surface area (Å²) in [6, 6.07) is 15.1. The molecule has 0 radical (unpaired) electrons. The van der Waals surface area contributed by atoms with Crippen LogP contribution in [0.1, 0.15) is 10.4 Å². The van der Waals surface area contributed by atoms with Gasteiger partial charge in [-0.2, -0.15) is 0 Å². The minimum Gasteiger partial charge on any atom is -0.508 e. The maximum Gasteiger partial charge on any atom is 0.340 e. The van der Waals surface area contributed by atoms with Gasteiger partial charge in [0.05, 0.1) is 0 Å². The number of benzene rings is 3. The number of aromatic carboxylic acids is 1. The molecule has 0 atom stereocenters. The second-order valence-electron chi connectivity index (χ2n) is 4.75. The smallest absolute Gasteiger partial charge is 0.340 e. The third-order valence-corrected chi connectivity index (χ3v) is 3.39. The second kappa shape index (κ2) is 4.83. The topological polar surface area (TPSA) is 77.8 Å². The van der Waals surface area contributed by atoms with Gasteiger partial charge >= 0.3 is 5.97 Å². The zero-order chi connectivity index (χ0) is 15.0. The summed E-state index contributed by atoms with van der Waals surface area (Å²) in [6.07, 6.45) is 0. The number of phenolic OH excluding ortho intramolecular Hbond substituents is 1. The molecule has 0 amide bonds. The molecule has 0 aliphatic rings. The average Bonchev–Trinajstić information content (AvgIpc) is 2.46. The van der Waals surface area contributed by atoms with E-state index in [9.17, 15) is 20.1 Å². The molecular formula is C17H12O4. The Bertz CT molecular complexity index is 853. The zero-order valence-electron chi connectivity index (χ0n) is 10.9. The Morgan fingerprint density at radius 3 is 2.33 bits per heavy atom. The molecule has 0 unspecified atom stereocenters. The predicted molar refractivity (Wildman–Crippen MR) is 79.7 cm³/mol. The molecule has 3 rings (SSSR count). The zero-order valence-corrected chi connectivity index (χ0v) is 10.9. The third kappa shape index (κ3) is 2.27. The molecule has 0 saturated heterocycles. The molecule has 0 aliphatic carbocycles. The van der Waals surface area contributed by atoms with E-state index in [4.69, 9.17) is 0 Å². The standard InChI is InChI=1S/C17H12O4/c18-13-3-1-2-10(9-13)11-4-6-14-12(8-11)5-7-15(19)16(14)17(20)21/h1-9,18-19H,(H,20,21). The van der Waals surface area contributed by atoms with E-state index in [2.05, 4.69) is 0 Å². The molecular weight excluding hydrogens is 268 g/mol. The molecule has 104 valence electrons. The lowest BCUT2D eigenvalue weighted by Gasteiger charge is -2.08. The van der Waals surface area contributed by atoms with Gasteiger partial charge in [-0.15, -0.1) is 0 Å². The van der Waals surface area contributed by atoms with Crippen molar-refractivity contribution in [2.75, 3.05) is 0 Å². The highest BCUT2D eigenvalue weighted by Gasteiger charge is 2.14. The first-order valence-electron chi connectivity index (χ1n) is 6.35. The Morgan fingerprint density at radius 1 is 0.857 bits per heavy atom. The first-order chi connectivity index (χ1) is 10.1. The number of hydrogen-bond acceptors (Lipinski definition) is 3. The van der Waals surface area contributed by atoms with Crippen molar-refractivity contribution in [2.45, 2.75) is 0 Å². The summed E-state index contributed by atoms with van der Waals surface area (Å²) in [7, 11) is 0. The molecule has 3 aromatic carbocycles. The van der Waals surface area contributed by atoms with Crippen LogP contribution in [0.15, 0.2) is 54.6 Å². The number of hydrogen-bond donors (Lipinski definition) is 3. The Kier molecular flexibility index (Phi) is 2.99. The average molecular weight is 280 g/mol.